The molecule has 0 saturated heterocycles. The van der Waals surface area contributed by atoms with E-state index in [1.807, 2.05) is 18.2 Å². The highest BCUT2D eigenvalue weighted by Crippen LogP contribution is 2.31. The maximum Gasteiger partial charge on any atom is 0.348 e. The van der Waals surface area contributed by atoms with Crippen LogP contribution in [-0.2, 0) is 11.2 Å². The van der Waals surface area contributed by atoms with Gasteiger partial charge in [-0.1, -0.05) is 12.5 Å². The number of esters is 1. The minimum atomic E-state index is -0.353. The summed E-state index contributed by atoms with van der Waals surface area (Å²) in [5.41, 5.74) is 1.31. The van der Waals surface area contributed by atoms with E-state index in [1.54, 1.807) is 21.1 Å². The van der Waals surface area contributed by atoms with Crippen molar-refractivity contribution in [1.29, 1.82) is 0 Å². The number of aryl methyl sites for hydroxylation is 1. The van der Waals surface area contributed by atoms with Crippen molar-refractivity contribution in [2.24, 2.45) is 0 Å². The summed E-state index contributed by atoms with van der Waals surface area (Å²) in [5, 5.41) is 0.455. The third-order valence-electron chi connectivity index (χ3n) is 5.68. The van der Waals surface area contributed by atoms with Gasteiger partial charge in [-0.3, -0.25) is 4.79 Å². The number of aromatic nitrogens is 2. The molecule has 0 spiro atoms. The maximum atomic E-state index is 12.8. The van der Waals surface area contributed by atoms with Crippen LogP contribution < -0.4 is 15.0 Å². The van der Waals surface area contributed by atoms with E-state index in [-0.39, 0.29) is 17.6 Å². The van der Waals surface area contributed by atoms with Crippen molar-refractivity contribution in [1.82, 2.24) is 9.97 Å². The number of hydrogen-bond donors (Lipinski definition) is 1. The quantitative estimate of drug-likeness (QED) is 0.570. The molecule has 1 saturated carbocycles. The highest BCUT2D eigenvalue weighted by Gasteiger charge is 2.24. The lowest BCUT2D eigenvalue weighted by Crippen LogP contribution is -2.20. The summed E-state index contributed by atoms with van der Waals surface area (Å²) in [4.78, 5) is 34.0. The smallest absolute Gasteiger partial charge is 0.348 e. The maximum absolute atomic E-state index is 12.8. The highest BCUT2D eigenvalue weighted by molar-refractivity contribution is 7.20. The fourth-order valence-electron chi connectivity index (χ4n) is 4.04. The molecular weight excluding hydrogens is 416 g/mol. The molecule has 0 radical (unpaired) electrons. The summed E-state index contributed by atoms with van der Waals surface area (Å²) in [6.07, 6.45) is 5.57. The van der Waals surface area contributed by atoms with Gasteiger partial charge in [0.05, 0.1) is 19.6 Å². The molecule has 0 atom stereocenters. The predicted molar refractivity (Wildman–Crippen MR) is 120 cm³/mol. The van der Waals surface area contributed by atoms with E-state index in [1.165, 1.54) is 17.8 Å². The Labute approximate surface area is 184 Å². The summed E-state index contributed by atoms with van der Waals surface area (Å²) in [6, 6.07) is 5.58. The first-order chi connectivity index (χ1) is 15.0. The van der Waals surface area contributed by atoms with Crippen LogP contribution in [0.4, 0.5) is 0 Å². The number of rotatable bonds is 6. The lowest BCUT2D eigenvalue weighted by atomic mass is 9.98. The van der Waals surface area contributed by atoms with Gasteiger partial charge in [-0.05, 0) is 55.9 Å². The molecule has 0 amide bonds. The standard InChI is InChI=1S/C23H26N2O5S/c1-13-19-21(26)24-18(12-14-9-10-16(28-2)17(11-14)29-3)25-22(19)31-20(13)23(27)30-15-7-5-4-6-8-15/h9-11,15H,4-8,12H2,1-3H3,(H,24,25,26). The van der Waals surface area contributed by atoms with Crippen LogP contribution in [0.15, 0.2) is 23.0 Å². The molecule has 4 rings (SSSR count). The fraction of sp³-hybridized carbons (Fsp3) is 0.435. The van der Waals surface area contributed by atoms with Gasteiger partial charge in [0.15, 0.2) is 11.5 Å². The normalized spacial score (nSPS) is 14.5. The second kappa shape index (κ2) is 9.09. The van der Waals surface area contributed by atoms with Crippen molar-refractivity contribution >= 4 is 27.5 Å². The van der Waals surface area contributed by atoms with Gasteiger partial charge in [-0.15, -0.1) is 11.3 Å². The Bertz CT molecular complexity index is 1160. The van der Waals surface area contributed by atoms with E-state index < -0.39 is 0 Å². The Morgan fingerprint density at radius 2 is 1.90 bits per heavy atom. The summed E-state index contributed by atoms with van der Waals surface area (Å²) >= 11 is 1.22. The van der Waals surface area contributed by atoms with Crippen LogP contribution in [0.3, 0.4) is 0 Å². The van der Waals surface area contributed by atoms with Crippen molar-refractivity contribution < 1.29 is 19.0 Å². The number of fused-ring (bicyclic) bond motifs is 1. The van der Waals surface area contributed by atoms with E-state index >= 15 is 0 Å². The molecule has 164 valence electrons. The average Bonchev–Trinajstić information content (AvgIpc) is 3.11. The van der Waals surface area contributed by atoms with Gasteiger partial charge < -0.3 is 19.2 Å². The summed E-state index contributed by atoms with van der Waals surface area (Å²) in [7, 11) is 3.16. The number of thiophene rings is 1. The zero-order valence-corrected chi connectivity index (χ0v) is 18.8. The molecule has 2 aromatic heterocycles. The molecule has 2 heterocycles. The van der Waals surface area contributed by atoms with Crippen LogP contribution in [-0.4, -0.2) is 36.3 Å². The van der Waals surface area contributed by atoms with Gasteiger partial charge in [-0.25, -0.2) is 9.78 Å². The van der Waals surface area contributed by atoms with Crippen LogP contribution in [0.2, 0.25) is 0 Å². The van der Waals surface area contributed by atoms with Crippen LogP contribution in [0.1, 0.15) is 58.7 Å². The number of aromatic amines is 1. The predicted octanol–water partition coefficient (Wildman–Crippen LogP) is 4.39. The molecular formula is C23H26N2O5S. The third kappa shape index (κ3) is 4.44. The molecule has 1 aliphatic rings. The summed E-state index contributed by atoms with van der Waals surface area (Å²) < 4.78 is 16.3. The highest BCUT2D eigenvalue weighted by atomic mass is 32.1. The number of carbonyl (C=O) groups excluding carboxylic acids is 1. The van der Waals surface area contributed by atoms with E-state index in [0.29, 0.717) is 44.4 Å². The Kier molecular flexibility index (Phi) is 6.27. The molecule has 7 nitrogen and oxygen atoms in total. The number of methoxy groups -OCH3 is 2. The Balaban J connectivity index is 1.61. The number of H-pyrrole nitrogens is 1. The van der Waals surface area contributed by atoms with Crippen molar-refractivity contribution in [3.63, 3.8) is 0 Å². The monoisotopic (exact) mass is 442 g/mol. The first-order valence-corrected chi connectivity index (χ1v) is 11.3. The summed E-state index contributed by atoms with van der Waals surface area (Å²) in [5.74, 6) is 1.42. The molecule has 3 aromatic rings. The van der Waals surface area contributed by atoms with Crippen molar-refractivity contribution in [2.75, 3.05) is 14.2 Å². The van der Waals surface area contributed by atoms with Crippen molar-refractivity contribution in [2.45, 2.75) is 51.6 Å². The molecule has 8 heteroatoms. The zero-order valence-electron chi connectivity index (χ0n) is 17.9. The molecule has 31 heavy (non-hydrogen) atoms. The minimum Gasteiger partial charge on any atom is -0.493 e. The third-order valence-corrected chi connectivity index (χ3v) is 6.85. The van der Waals surface area contributed by atoms with Crippen LogP contribution in [0.25, 0.3) is 10.2 Å². The molecule has 0 aliphatic heterocycles. The number of nitrogens with zero attached hydrogens (tertiary/aromatic N) is 1. The summed E-state index contributed by atoms with van der Waals surface area (Å²) in [6.45, 7) is 1.78. The number of benzene rings is 1. The van der Waals surface area contributed by atoms with E-state index in [2.05, 4.69) is 9.97 Å². The second-order valence-corrected chi connectivity index (χ2v) is 8.78. The SMILES string of the molecule is COc1ccc(Cc2nc3sc(C(=O)OC4CCCCC4)c(C)c3c(=O)[nH]2)cc1OC. The molecule has 1 N–H and O–H groups in total. The Morgan fingerprint density at radius 1 is 1.16 bits per heavy atom. The molecule has 1 fully saturated rings. The Hall–Kier alpha value is -2.87. The van der Waals surface area contributed by atoms with Crippen LogP contribution in [0, 0.1) is 6.92 Å². The van der Waals surface area contributed by atoms with Gasteiger partial charge in [-0.2, -0.15) is 0 Å². The zero-order chi connectivity index (χ0) is 22.0. The first kappa shape index (κ1) is 21.4. The molecule has 0 bridgehead atoms. The average molecular weight is 443 g/mol. The van der Waals surface area contributed by atoms with E-state index in [4.69, 9.17) is 14.2 Å². The fourth-order valence-corrected chi connectivity index (χ4v) is 5.12. The molecule has 1 aliphatic carbocycles. The first-order valence-electron chi connectivity index (χ1n) is 10.4. The lowest BCUT2D eigenvalue weighted by Gasteiger charge is -2.21. The van der Waals surface area contributed by atoms with Crippen molar-refractivity contribution in [3.8, 4) is 11.5 Å². The van der Waals surface area contributed by atoms with Gasteiger partial charge >= 0.3 is 5.97 Å². The molecule has 0 unspecified atom stereocenters. The number of carbonyl (C=O) groups is 1. The lowest BCUT2D eigenvalue weighted by molar-refractivity contribution is 0.0216. The number of hydrogen-bond acceptors (Lipinski definition) is 7. The van der Waals surface area contributed by atoms with E-state index in [0.717, 1.165) is 31.2 Å². The molecule has 1 aromatic carbocycles. The van der Waals surface area contributed by atoms with Gasteiger partial charge in [0, 0.05) is 6.42 Å². The van der Waals surface area contributed by atoms with Crippen LogP contribution in [0.5, 0.6) is 11.5 Å². The van der Waals surface area contributed by atoms with Crippen molar-refractivity contribution in [3.05, 3.63) is 50.4 Å². The second-order valence-electron chi connectivity index (χ2n) is 7.78. The largest absolute Gasteiger partial charge is 0.493 e. The number of nitrogens with one attached hydrogen (secondary N) is 1. The van der Waals surface area contributed by atoms with Gasteiger partial charge in [0.25, 0.3) is 5.56 Å². The van der Waals surface area contributed by atoms with Gasteiger partial charge in [0.2, 0.25) is 0 Å². The van der Waals surface area contributed by atoms with E-state index in [9.17, 15) is 9.59 Å². The van der Waals surface area contributed by atoms with Crippen LogP contribution >= 0.6 is 11.3 Å². The number of ether oxygens (including phenoxy) is 3. The minimum absolute atomic E-state index is 0.0299. The topological polar surface area (TPSA) is 90.5 Å². The van der Waals surface area contributed by atoms with Gasteiger partial charge in [0.1, 0.15) is 21.6 Å². The Morgan fingerprint density at radius 3 is 2.61 bits per heavy atom.